The molecule has 0 amide bonds. The topological polar surface area (TPSA) is 6.48 Å². The van der Waals surface area contributed by atoms with E-state index < -0.39 is 0 Å². The number of benzene rings is 8. The first-order chi connectivity index (χ1) is 31.5. The van der Waals surface area contributed by atoms with Gasteiger partial charge in [0.1, 0.15) is 0 Å². The van der Waals surface area contributed by atoms with E-state index in [1.165, 1.54) is 78.1 Å². The van der Waals surface area contributed by atoms with Crippen LogP contribution in [0, 0.1) is 0 Å². The molecule has 0 heterocycles. The molecule has 0 atom stereocenters. The maximum absolute atomic E-state index is 2.44. The van der Waals surface area contributed by atoms with Crippen LogP contribution in [0.25, 0.3) is 34.4 Å². The maximum Gasteiger partial charge on any atom is 0.0465 e. The van der Waals surface area contributed by atoms with Gasteiger partial charge in [0, 0.05) is 45.0 Å². The van der Waals surface area contributed by atoms with Gasteiger partial charge in [-0.15, -0.1) is 0 Å². The average Bonchev–Trinajstić information content (AvgIpc) is 3.67. The SMILES string of the molecule is CC(C)(C)c1ccc(N(c2ccc(C(C)(C)C)cc2)c2ccc3c(c2)C(C)(C)c2cc(C=Cc4ccc5c(c4)C(C)(C)c4cc(N(c6ccccc6)c6ccccc6)ccc4-5)ccc2-3)cc1. The third kappa shape index (κ3) is 7.57. The van der Waals surface area contributed by atoms with Gasteiger partial charge in [0.15, 0.2) is 0 Å². The minimum absolute atomic E-state index is 0.0835. The molecule has 2 heteroatoms. The molecule has 0 aliphatic heterocycles. The van der Waals surface area contributed by atoms with E-state index in [0.717, 1.165) is 22.7 Å². The summed E-state index contributed by atoms with van der Waals surface area (Å²) in [5.74, 6) is 0. The number of hydrogen-bond acceptors (Lipinski definition) is 2. The zero-order chi connectivity index (χ0) is 46.2. The molecule has 2 aliphatic rings. The Labute approximate surface area is 393 Å². The van der Waals surface area contributed by atoms with Gasteiger partial charge < -0.3 is 9.80 Å². The molecule has 2 aliphatic carbocycles. The van der Waals surface area contributed by atoms with E-state index in [1.807, 2.05) is 0 Å². The Morgan fingerprint density at radius 3 is 0.939 bits per heavy atom. The first kappa shape index (κ1) is 43.0. The first-order valence-electron chi connectivity index (χ1n) is 23.7. The molecule has 66 heavy (non-hydrogen) atoms. The van der Waals surface area contributed by atoms with E-state index in [9.17, 15) is 0 Å². The average molecular weight is 859 g/mol. The van der Waals surface area contributed by atoms with E-state index in [1.54, 1.807) is 0 Å². The number of anilines is 6. The maximum atomic E-state index is 2.44. The number of fused-ring (bicyclic) bond motifs is 6. The summed E-state index contributed by atoms with van der Waals surface area (Å²) in [4.78, 5) is 4.78. The zero-order valence-electron chi connectivity index (χ0n) is 40.4. The van der Waals surface area contributed by atoms with Crippen molar-refractivity contribution in [2.75, 3.05) is 9.80 Å². The molecule has 0 spiro atoms. The molecule has 0 saturated heterocycles. The second kappa shape index (κ2) is 15.9. The van der Waals surface area contributed by atoms with Crippen molar-refractivity contribution in [3.63, 3.8) is 0 Å². The van der Waals surface area contributed by atoms with Crippen molar-refractivity contribution < 1.29 is 0 Å². The second-order valence-corrected chi connectivity index (χ2v) is 21.6. The largest absolute Gasteiger partial charge is 0.310 e. The summed E-state index contributed by atoms with van der Waals surface area (Å²) in [5.41, 5.74) is 22.6. The van der Waals surface area contributed by atoms with Gasteiger partial charge in [0.05, 0.1) is 0 Å². The Hall–Kier alpha value is -6.90. The van der Waals surface area contributed by atoms with Crippen LogP contribution in [0.3, 0.4) is 0 Å². The number of para-hydroxylation sites is 2. The molecule has 0 radical (unpaired) electrons. The third-order valence-electron chi connectivity index (χ3n) is 14.4. The summed E-state index contributed by atoms with van der Waals surface area (Å²) < 4.78 is 0. The summed E-state index contributed by atoms with van der Waals surface area (Å²) >= 11 is 0. The Morgan fingerprint density at radius 1 is 0.318 bits per heavy atom. The number of rotatable bonds is 8. The van der Waals surface area contributed by atoms with E-state index in [0.29, 0.717) is 0 Å². The van der Waals surface area contributed by atoms with Crippen LogP contribution in [0.5, 0.6) is 0 Å². The van der Waals surface area contributed by atoms with Gasteiger partial charge in [-0.3, -0.25) is 0 Å². The first-order valence-corrected chi connectivity index (χ1v) is 23.7. The van der Waals surface area contributed by atoms with Gasteiger partial charge in [-0.2, -0.15) is 0 Å². The molecule has 0 N–H and O–H groups in total. The fourth-order valence-corrected chi connectivity index (χ4v) is 10.4. The monoisotopic (exact) mass is 858 g/mol. The van der Waals surface area contributed by atoms with Crippen LogP contribution in [0.1, 0.15) is 114 Å². The lowest BCUT2D eigenvalue weighted by molar-refractivity contribution is 0.590. The van der Waals surface area contributed by atoms with Crippen molar-refractivity contribution in [2.24, 2.45) is 0 Å². The van der Waals surface area contributed by atoms with Crippen molar-refractivity contribution in [3.8, 4) is 22.3 Å². The van der Waals surface area contributed by atoms with Crippen LogP contribution >= 0.6 is 0 Å². The van der Waals surface area contributed by atoms with E-state index in [2.05, 4.69) is 273 Å². The van der Waals surface area contributed by atoms with Crippen molar-refractivity contribution in [2.45, 2.75) is 90.9 Å². The number of nitrogens with zero attached hydrogens (tertiary/aromatic N) is 2. The molecule has 0 bridgehead atoms. The standard InChI is InChI=1S/C64H62N2/c1-61(2,3)45-25-29-49(30-26-45)66(50-31-27-46(28-32-50)62(4,5)6)52-34-38-56-54-36-24-44(40-58(54)64(9,10)60(56)42-52)22-21-43-23-35-53-55-37-33-51(41-59(55)63(7,8)57(53)39-43)65(47-17-13-11-14-18-47)48-19-15-12-16-20-48/h11-42H,1-10H3. The fraction of sp³-hybridized carbons (Fsp3) is 0.219. The van der Waals surface area contributed by atoms with Crippen LogP contribution in [-0.2, 0) is 21.7 Å². The molecule has 2 nitrogen and oxygen atoms in total. The summed E-state index contributed by atoms with van der Waals surface area (Å²) in [7, 11) is 0. The molecule has 0 saturated carbocycles. The van der Waals surface area contributed by atoms with Crippen LogP contribution in [0.15, 0.2) is 182 Å². The summed E-state index contributed by atoms with van der Waals surface area (Å²) in [6.07, 6.45) is 4.58. The molecule has 8 aromatic carbocycles. The summed E-state index contributed by atoms with van der Waals surface area (Å²) in [6.45, 7) is 23.2. The molecule has 328 valence electrons. The molecule has 0 fully saturated rings. The Morgan fingerprint density at radius 2 is 0.606 bits per heavy atom. The Balaban J connectivity index is 0.940. The van der Waals surface area contributed by atoms with Crippen molar-refractivity contribution >= 4 is 46.3 Å². The molecule has 10 rings (SSSR count). The molecule has 0 aromatic heterocycles. The van der Waals surface area contributed by atoms with Crippen LogP contribution in [-0.4, -0.2) is 0 Å². The quantitative estimate of drug-likeness (QED) is 0.141. The predicted octanol–water partition coefficient (Wildman–Crippen LogP) is 18.0. The van der Waals surface area contributed by atoms with Crippen molar-refractivity contribution in [3.05, 3.63) is 226 Å². The second-order valence-electron chi connectivity index (χ2n) is 21.6. The molecule has 8 aromatic rings. The Kier molecular flexibility index (Phi) is 10.4. The van der Waals surface area contributed by atoms with E-state index in [-0.39, 0.29) is 21.7 Å². The van der Waals surface area contributed by atoms with Gasteiger partial charge in [-0.1, -0.05) is 191 Å². The van der Waals surface area contributed by atoms with Gasteiger partial charge >= 0.3 is 0 Å². The number of hydrogen-bond donors (Lipinski definition) is 0. The molecular weight excluding hydrogens is 797 g/mol. The highest BCUT2D eigenvalue weighted by Gasteiger charge is 2.38. The van der Waals surface area contributed by atoms with Gasteiger partial charge in [0.2, 0.25) is 0 Å². The highest BCUT2D eigenvalue weighted by atomic mass is 15.1. The lowest BCUT2D eigenvalue weighted by Gasteiger charge is -2.29. The van der Waals surface area contributed by atoms with Crippen molar-refractivity contribution in [1.82, 2.24) is 0 Å². The van der Waals surface area contributed by atoms with Crippen LogP contribution in [0.4, 0.5) is 34.1 Å². The minimum atomic E-state index is -0.179. The summed E-state index contributed by atoms with van der Waals surface area (Å²) in [6, 6.07) is 67.8. The van der Waals surface area contributed by atoms with Gasteiger partial charge in [-0.25, -0.2) is 0 Å². The van der Waals surface area contributed by atoms with E-state index in [4.69, 9.17) is 0 Å². The summed E-state index contributed by atoms with van der Waals surface area (Å²) in [5, 5.41) is 0. The van der Waals surface area contributed by atoms with Crippen molar-refractivity contribution in [1.29, 1.82) is 0 Å². The lowest BCUT2D eigenvalue weighted by Crippen LogP contribution is -2.17. The fourth-order valence-electron chi connectivity index (χ4n) is 10.4. The van der Waals surface area contributed by atoms with E-state index >= 15 is 0 Å². The van der Waals surface area contributed by atoms with Crippen LogP contribution in [0.2, 0.25) is 0 Å². The van der Waals surface area contributed by atoms with Crippen LogP contribution < -0.4 is 9.80 Å². The molecular formula is C64H62N2. The smallest absolute Gasteiger partial charge is 0.0465 e. The zero-order valence-corrected chi connectivity index (χ0v) is 40.4. The lowest BCUT2D eigenvalue weighted by atomic mass is 9.81. The predicted molar refractivity (Wildman–Crippen MR) is 284 cm³/mol. The van der Waals surface area contributed by atoms with Gasteiger partial charge in [0.25, 0.3) is 0 Å². The highest BCUT2D eigenvalue weighted by Crippen LogP contribution is 2.53. The third-order valence-corrected chi connectivity index (χ3v) is 14.4. The highest BCUT2D eigenvalue weighted by molar-refractivity contribution is 5.89. The van der Waals surface area contributed by atoms with Gasteiger partial charge in [-0.05, 0) is 150 Å². The Bertz CT molecular complexity index is 3020. The normalized spacial score (nSPS) is 14.4. The molecule has 0 unspecified atom stereocenters. The minimum Gasteiger partial charge on any atom is -0.310 e.